The van der Waals surface area contributed by atoms with E-state index in [1.54, 1.807) is 7.11 Å². The van der Waals surface area contributed by atoms with Crippen LogP contribution in [0, 0.1) is 0 Å². The van der Waals surface area contributed by atoms with Crippen LogP contribution in [-0.4, -0.2) is 65.3 Å². The predicted octanol–water partition coefficient (Wildman–Crippen LogP) is 0.798. The molecular formula is C13H26O7. The maximum atomic E-state index is 10.3. The van der Waals surface area contributed by atoms with Crippen LogP contribution >= 0.6 is 0 Å². The first-order chi connectivity index (χ1) is 9.54. The van der Waals surface area contributed by atoms with Crippen LogP contribution in [0.25, 0.3) is 0 Å². The van der Waals surface area contributed by atoms with E-state index >= 15 is 0 Å². The summed E-state index contributed by atoms with van der Waals surface area (Å²) in [5, 5.41) is 0. The lowest BCUT2D eigenvalue weighted by Crippen LogP contribution is -2.10. The van der Waals surface area contributed by atoms with Crippen molar-refractivity contribution < 1.29 is 33.3 Å². The van der Waals surface area contributed by atoms with Crippen molar-refractivity contribution in [2.75, 3.05) is 53.4 Å². The molecule has 0 rings (SSSR count). The van der Waals surface area contributed by atoms with Crippen molar-refractivity contribution in [1.29, 1.82) is 0 Å². The van der Waals surface area contributed by atoms with Gasteiger partial charge >= 0.3 is 11.9 Å². The fourth-order valence-electron chi connectivity index (χ4n) is 0.877. The van der Waals surface area contributed by atoms with Gasteiger partial charge in [0.05, 0.1) is 26.4 Å². The van der Waals surface area contributed by atoms with E-state index < -0.39 is 0 Å². The molecule has 0 radical (unpaired) electrons. The Kier molecular flexibility index (Phi) is 18.8. The third-order valence-electron chi connectivity index (χ3n) is 1.70. The lowest BCUT2D eigenvalue weighted by Gasteiger charge is -2.03. The quantitative estimate of drug-likeness (QED) is 0.435. The van der Waals surface area contributed by atoms with Crippen molar-refractivity contribution in [2.45, 2.75) is 20.8 Å². The molecule has 0 aliphatic heterocycles. The van der Waals surface area contributed by atoms with Gasteiger partial charge in [-0.05, 0) is 6.92 Å². The summed E-state index contributed by atoms with van der Waals surface area (Å²) in [7, 11) is 1.56. The van der Waals surface area contributed by atoms with Crippen molar-refractivity contribution in [3.63, 3.8) is 0 Å². The second kappa shape index (κ2) is 17.8. The second-order valence-electron chi connectivity index (χ2n) is 3.48. The van der Waals surface area contributed by atoms with Gasteiger partial charge in [0.2, 0.25) is 0 Å². The van der Waals surface area contributed by atoms with Gasteiger partial charge in [-0.25, -0.2) is 0 Å². The first kappa shape index (κ1) is 21.1. The first-order valence-corrected chi connectivity index (χ1v) is 6.45. The maximum absolute atomic E-state index is 10.3. The van der Waals surface area contributed by atoms with Gasteiger partial charge in [-0.3, -0.25) is 9.59 Å². The van der Waals surface area contributed by atoms with Crippen molar-refractivity contribution in [3.05, 3.63) is 0 Å². The van der Waals surface area contributed by atoms with Crippen LogP contribution in [0.3, 0.4) is 0 Å². The molecule has 0 aliphatic rings. The number of carbonyl (C=O) groups is 2. The summed E-state index contributed by atoms with van der Waals surface area (Å²) in [4.78, 5) is 20.3. The average molecular weight is 294 g/mol. The number of ether oxygens (including phenoxy) is 5. The van der Waals surface area contributed by atoms with E-state index in [9.17, 15) is 9.59 Å². The maximum Gasteiger partial charge on any atom is 0.302 e. The topological polar surface area (TPSA) is 80.3 Å². The van der Waals surface area contributed by atoms with E-state index in [1.165, 1.54) is 13.8 Å². The van der Waals surface area contributed by atoms with Gasteiger partial charge < -0.3 is 23.7 Å². The van der Waals surface area contributed by atoms with Crippen LogP contribution < -0.4 is 0 Å². The highest BCUT2D eigenvalue weighted by atomic mass is 16.6. The Morgan fingerprint density at radius 1 is 0.750 bits per heavy atom. The van der Waals surface area contributed by atoms with Crippen LogP contribution in [0.5, 0.6) is 0 Å². The van der Waals surface area contributed by atoms with Crippen LogP contribution in [0.1, 0.15) is 20.8 Å². The summed E-state index contributed by atoms with van der Waals surface area (Å²) in [6, 6.07) is 0. The minimum atomic E-state index is -0.275. The smallest absolute Gasteiger partial charge is 0.302 e. The molecule has 0 heterocycles. The van der Waals surface area contributed by atoms with Crippen LogP contribution in [0.15, 0.2) is 0 Å². The number of hydrogen-bond acceptors (Lipinski definition) is 7. The molecule has 20 heavy (non-hydrogen) atoms. The van der Waals surface area contributed by atoms with Crippen LogP contribution in [0.2, 0.25) is 0 Å². The van der Waals surface area contributed by atoms with Crippen LogP contribution in [-0.2, 0) is 33.3 Å². The standard InChI is InChI=1S/C8H16O4.C5H10O3/c1-3-10-4-5-11-6-7-12-8(2)9;1-5(6)8-4-3-7-2/h3-7H2,1-2H3;3-4H2,1-2H3. The molecular weight excluding hydrogens is 268 g/mol. The van der Waals surface area contributed by atoms with Crippen molar-refractivity contribution in [1.82, 2.24) is 0 Å². The number of rotatable bonds is 10. The molecule has 0 bridgehead atoms. The minimum Gasteiger partial charge on any atom is -0.463 e. The van der Waals surface area contributed by atoms with E-state index in [4.69, 9.17) is 9.47 Å². The highest BCUT2D eigenvalue weighted by molar-refractivity contribution is 5.66. The molecule has 0 saturated carbocycles. The summed E-state index contributed by atoms with van der Waals surface area (Å²) in [6.45, 7) is 8.10. The number of carbonyl (C=O) groups excluding carboxylic acids is 2. The molecule has 0 spiro atoms. The SMILES string of the molecule is CCOCCOCCOC(C)=O.COCCOC(C)=O. The Morgan fingerprint density at radius 3 is 1.65 bits per heavy atom. The number of methoxy groups -OCH3 is 1. The van der Waals surface area contributed by atoms with Crippen molar-refractivity contribution >= 4 is 11.9 Å². The van der Waals surface area contributed by atoms with E-state index in [0.717, 1.165) is 0 Å². The Bertz CT molecular complexity index is 231. The van der Waals surface area contributed by atoms with Gasteiger partial charge in [0.15, 0.2) is 0 Å². The Labute approximate surface area is 120 Å². The van der Waals surface area contributed by atoms with Gasteiger partial charge in [-0.15, -0.1) is 0 Å². The van der Waals surface area contributed by atoms with Gasteiger partial charge in [-0.1, -0.05) is 0 Å². The zero-order valence-corrected chi connectivity index (χ0v) is 12.8. The second-order valence-corrected chi connectivity index (χ2v) is 3.48. The minimum absolute atomic E-state index is 0.262. The first-order valence-electron chi connectivity index (χ1n) is 6.45. The number of hydrogen-bond donors (Lipinski definition) is 0. The molecule has 0 N–H and O–H groups in total. The lowest BCUT2D eigenvalue weighted by atomic mass is 10.7. The molecule has 0 saturated heterocycles. The molecule has 0 amide bonds. The molecule has 0 atom stereocenters. The third-order valence-corrected chi connectivity index (χ3v) is 1.70. The van der Waals surface area contributed by atoms with Gasteiger partial charge in [0.25, 0.3) is 0 Å². The van der Waals surface area contributed by atoms with Crippen LogP contribution in [0.4, 0.5) is 0 Å². The summed E-state index contributed by atoms with van der Waals surface area (Å²) in [5.74, 6) is -0.537. The molecule has 0 aromatic heterocycles. The fraction of sp³-hybridized carbons (Fsp3) is 0.846. The van der Waals surface area contributed by atoms with Gasteiger partial charge in [0, 0.05) is 27.6 Å². The van der Waals surface area contributed by atoms with E-state index in [-0.39, 0.29) is 11.9 Å². The average Bonchev–Trinajstić information content (AvgIpc) is 2.38. The summed E-state index contributed by atoms with van der Waals surface area (Å²) in [5.41, 5.74) is 0. The normalized spacial score (nSPS) is 9.40. The zero-order valence-electron chi connectivity index (χ0n) is 12.8. The van der Waals surface area contributed by atoms with Gasteiger partial charge in [0.1, 0.15) is 13.2 Å². The van der Waals surface area contributed by atoms with E-state index in [0.29, 0.717) is 46.2 Å². The fourth-order valence-corrected chi connectivity index (χ4v) is 0.877. The summed E-state index contributed by atoms with van der Waals surface area (Å²) < 4.78 is 23.9. The Morgan fingerprint density at radius 2 is 1.20 bits per heavy atom. The molecule has 7 nitrogen and oxygen atoms in total. The molecule has 0 aliphatic carbocycles. The largest absolute Gasteiger partial charge is 0.463 e. The molecule has 0 fully saturated rings. The lowest BCUT2D eigenvalue weighted by molar-refractivity contribution is -0.143. The summed E-state index contributed by atoms with van der Waals surface area (Å²) in [6.07, 6.45) is 0. The molecule has 0 unspecified atom stereocenters. The molecule has 0 aromatic carbocycles. The van der Waals surface area contributed by atoms with Crippen molar-refractivity contribution in [3.8, 4) is 0 Å². The Balaban J connectivity index is 0. The molecule has 7 heteroatoms. The van der Waals surface area contributed by atoms with E-state index in [1.807, 2.05) is 6.92 Å². The van der Waals surface area contributed by atoms with E-state index in [2.05, 4.69) is 14.2 Å². The van der Waals surface area contributed by atoms with Crippen molar-refractivity contribution in [2.24, 2.45) is 0 Å². The highest BCUT2D eigenvalue weighted by Gasteiger charge is 1.92. The molecule has 120 valence electrons. The molecule has 0 aromatic rings. The highest BCUT2D eigenvalue weighted by Crippen LogP contribution is 1.80. The Hall–Kier alpha value is -1.18. The van der Waals surface area contributed by atoms with Gasteiger partial charge in [-0.2, -0.15) is 0 Å². The third kappa shape index (κ3) is 25.6. The zero-order chi connectivity index (χ0) is 15.6. The summed E-state index contributed by atoms with van der Waals surface area (Å²) >= 11 is 0. The number of esters is 2. The predicted molar refractivity (Wildman–Crippen MR) is 72.5 cm³/mol. The monoisotopic (exact) mass is 294 g/mol.